The minimum absolute atomic E-state index is 0.118. The van der Waals surface area contributed by atoms with Crippen LogP contribution in [-0.2, 0) is 14.8 Å². The molecule has 0 spiro atoms. The Kier molecular flexibility index (Phi) is 9.03. The molecule has 14 heteroatoms. The first kappa shape index (κ1) is 29.7. The van der Waals surface area contributed by atoms with Crippen molar-refractivity contribution < 1.29 is 27.4 Å². The molecule has 3 heterocycles. The smallest absolute Gasteiger partial charge is 0.243 e. The van der Waals surface area contributed by atoms with E-state index in [-0.39, 0.29) is 23.7 Å². The number of pyridine rings is 1. The number of nitrogens with zero attached hydrogens (tertiary/aromatic N) is 6. The highest BCUT2D eigenvalue weighted by atomic mass is 32.2. The molecule has 0 radical (unpaired) electrons. The van der Waals surface area contributed by atoms with Crippen molar-refractivity contribution >= 4 is 16.0 Å². The summed E-state index contributed by atoms with van der Waals surface area (Å²) < 4.78 is 54.3. The molecule has 0 aliphatic rings. The summed E-state index contributed by atoms with van der Waals surface area (Å²) in [5, 5.41) is 7.37. The molecule has 2 atom stereocenters. The number of anilines is 1. The Bertz CT molecular complexity index is 1570. The molecule has 0 bridgehead atoms. The number of nitrogens with one attached hydrogen (secondary N) is 1. The van der Waals surface area contributed by atoms with Crippen LogP contribution < -0.4 is 18.9 Å². The Hall–Kier alpha value is -4.30. The van der Waals surface area contributed by atoms with Crippen LogP contribution in [0, 0.1) is 6.92 Å². The van der Waals surface area contributed by atoms with Gasteiger partial charge in [0.05, 0.1) is 27.4 Å². The third-order valence-corrected chi connectivity index (χ3v) is 7.77. The van der Waals surface area contributed by atoms with Gasteiger partial charge < -0.3 is 18.9 Å². The van der Waals surface area contributed by atoms with Crippen LogP contribution in [0.1, 0.15) is 38.3 Å². The lowest BCUT2D eigenvalue weighted by Crippen LogP contribution is -2.35. The van der Waals surface area contributed by atoms with Crippen molar-refractivity contribution in [3.63, 3.8) is 0 Å². The van der Waals surface area contributed by atoms with Gasteiger partial charge in [-0.2, -0.15) is 0 Å². The van der Waals surface area contributed by atoms with Crippen molar-refractivity contribution in [2.45, 2.75) is 45.2 Å². The molecule has 4 rings (SSSR count). The molecule has 0 saturated heterocycles. The topological polar surface area (TPSA) is 152 Å². The van der Waals surface area contributed by atoms with Crippen LogP contribution in [0.25, 0.3) is 17.2 Å². The highest BCUT2D eigenvalue weighted by molar-refractivity contribution is 7.93. The Labute approximate surface area is 239 Å². The number of methoxy groups -OCH3 is 3. The second-order valence-electron chi connectivity index (χ2n) is 9.34. The van der Waals surface area contributed by atoms with Gasteiger partial charge in [0.2, 0.25) is 21.9 Å². The van der Waals surface area contributed by atoms with Gasteiger partial charge in [0.15, 0.2) is 11.6 Å². The van der Waals surface area contributed by atoms with Crippen molar-refractivity contribution in [1.29, 1.82) is 0 Å². The standard InChI is InChI=1S/C27H33N7O6S/c1-16(2)40-24(25-28-14-17(3)15-29-25)18(4)41(35,36)33-27-32-31-26(19-10-8-13-22(30-19)39-7)34(27)23-20(37-5)11-9-12-21(23)38-6/h8-16,18,24H,1-7H3,(H,32,33). The summed E-state index contributed by atoms with van der Waals surface area (Å²) in [6.45, 7) is 6.99. The van der Waals surface area contributed by atoms with Gasteiger partial charge in [0.1, 0.15) is 34.2 Å². The number of hydrogen-bond acceptors (Lipinski definition) is 11. The molecule has 1 N–H and O–H groups in total. The molecule has 4 aromatic rings. The minimum atomic E-state index is -4.17. The predicted molar refractivity (Wildman–Crippen MR) is 152 cm³/mol. The molecule has 218 valence electrons. The first-order valence-electron chi connectivity index (χ1n) is 12.7. The molecule has 2 unspecified atom stereocenters. The largest absolute Gasteiger partial charge is 0.494 e. The van der Waals surface area contributed by atoms with E-state index in [0.717, 1.165) is 5.56 Å². The first-order chi connectivity index (χ1) is 19.6. The van der Waals surface area contributed by atoms with Crippen molar-refractivity contribution in [1.82, 2.24) is 29.7 Å². The number of hydrogen-bond donors (Lipinski definition) is 1. The Morgan fingerprint density at radius 1 is 0.878 bits per heavy atom. The van der Waals surface area contributed by atoms with Crippen LogP contribution in [0.5, 0.6) is 17.4 Å². The molecular weight excluding hydrogens is 550 g/mol. The first-order valence-corrected chi connectivity index (χ1v) is 14.3. The lowest BCUT2D eigenvalue weighted by Gasteiger charge is -2.25. The Morgan fingerprint density at radius 3 is 2.10 bits per heavy atom. The second-order valence-corrected chi connectivity index (χ2v) is 11.4. The van der Waals surface area contributed by atoms with Crippen LogP contribution in [-0.4, -0.2) is 70.8 Å². The van der Waals surface area contributed by atoms with Gasteiger partial charge in [0, 0.05) is 18.5 Å². The molecule has 0 fully saturated rings. The third-order valence-electron chi connectivity index (χ3n) is 6.07. The summed E-state index contributed by atoms with van der Waals surface area (Å²) in [6, 6.07) is 10.3. The molecule has 0 aliphatic carbocycles. The van der Waals surface area contributed by atoms with Gasteiger partial charge in [-0.05, 0) is 51.5 Å². The van der Waals surface area contributed by atoms with Crippen molar-refractivity contribution in [2.75, 3.05) is 26.1 Å². The summed E-state index contributed by atoms with van der Waals surface area (Å²) in [5.41, 5.74) is 1.57. The van der Waals surface area contributed by atoms with Gasteiger partial charge in [-0.3, -0.25) is 9.29 Å². The maximum Gasteiger partial charge on any atom is 0.243 e. The van der Waals surface area contributed by atoms with Gasteiger partial charge >= 0.3 is 0 Å². The average molecular weight is 584 g/mol. The van der Waals surface area contributed by atoms with E-state index in [9.17, 15) is 8.42 Å². The normalized spacial score (nSPS) is 13.1. The number of sulfonamides is 1. The van der Waals surface area contributed by atoms with E-state index in [1.54, 1.807) is 48.8 Å². The summed E-state index contributed by atoms with van der Waals surface area (Å²) >= 11 is 0. The van der Waals surface area contributed by atoms with Crippen LogP contribution in [0.3, 0.4) is 0 Å². The highest BCUT2D eigenvalue weighted by Crippen LogP contribution is 2.38. The fourth-order valence-corrected chi connectivity index (χ4v) is 5.12. The molecule has 0 saturated carbocycles. The van der Waals surface area contributed by atoms with Crippen LogP contribution in [0.15, 0.2) is 48.8 Å². The Balaban J connectivity index is 1.86. The monoisotopic (exact) mass is 583 g/mol. The maximum absolute atomic E-state index is 13.9. The van der Waals surface area contributed by atoms with E-state index in [0.29, 0.717) is 28.8 Å². The maximum atomic E-state index is 13.9. The third kappa shape index (κ3) is 6.38. The number of ether oxygens (including phenoxy) is 4. The summed E-state index contributed by atoms with van der Waals surface area (Å²) in [7, 11) is 0.309. The van der Waals surface area contributed by atoms with Crippen LogP contribution in [0.4, 0.5) is 5.95 Å². The second kappa shape index (κ2) is 12.5. The molecule has 41 heavy (non-hydrogen) atoms. The van der Waals surface area contributed by atoms with Crippen molar-refractivity contribution in [2.24, 2.45) is 0 Å². The number of benzene rings is 1. The van der Waals surface area contributed by atoms with Gasteiger partial charge in [-0.25, -0.2) is 23.4 Å². The molecule has 1 aromatic carbocycles. The zero-order valence-corrected chi connectivity index (χ0v) is 24.7. The van der Waals surface area contributed by atoms with Crippen molar-refractivity contribution in [3.05, 3.63) is 60.2 Å². The number of para-hydroxylation sites is 1. The van der Waals surface area contributed by atoms with E-state index in [1.807, 2.05) is 20.8 Å². The Morgan fingerprint density at radius 2 is 1.51 bits per heavy atom. The fraction of sp³-hybridized carbons (Fsp3) is 0.370. The van der Waals surface area contributed by atoms with E-state index in [2.05, 4.69) is 29.9 Å². The van der Waals surface area contributed by atoms with E-state index in [4.69, 9.17) is 18.9 Å². The number of rotatable bonds is 12. The molecule has 0 amide bonds. The lowest BCUT2D eigenvalue weighted by molar-refractivity contribution is 0.00152. The minimum Gasteiger partial charge on any atom is -0.494 e. The summed E-state index contributed by atoms with van der Waals surface area (Å²) in [5.74, 6) is 1.45. The van der Waals surface area contributed by atoms with Gasteiger partial charge in [0.25, 0.3) is 0 Å². The quantitative estimate of drug-likeness (QED) is 0.259. The predicted octanol–water partition coefficient (Wildman–Crippen LogP) is 3.75. The molecule has 0 aliphatic heterocycles. The summed E-state index contributed by atoms with van der Waals surface area (Å²) in [6.07, 6.45) is 1.97. The van der Waals surface area contributed by atoms with Crippen LogP contribution >= 0.6 is 0 Å². The van der Waals surface area contributed by atoms with E-state index < -0.39 is 21.4 Å². The van der Waals surface area contributed by atoms with E-state index >= 15 is 0 Å². The summed E-state index contributed by atoms with van der Waals surface area (Å²) in [4.78, 5) is 13.1. The zero-order valence-electron chi connectivity index (χ0n) is 23.9. The van der Waals surface area contributed by atoms with Crippen molar-refractivity contribution in [3.8, 4) is 34.6 Å². The SMILES string of the molecule is COc1cccc(-c2nnc(NS(=O)(=O)C(C)C(OC(C)C)c3ncc(C)cn3)n2-c2c(OC)cccc2OC)n1. The average Bonchev–Trinajstić information content (AvgIpc) is 3.37. The fourth-order valence-electron chi connectivity index (χ4n) is 4.04. The molecular formula is C27H33N7O6S. The van der Waals surface area contributed by atoms with Gasteiger partial charge in [-0.15, -0.1) is 10.2 Å². The van der Waals surface area contributed by atoms with E-state index in [1.165, 1.54) is 32.8 Å². The zero-order chi connectivity index (χ0) is 29.7. The van der Waals surface area contributed by atoms with Gasteiger partial charge in [-0.1, -0.05) is 12.1 Å². The molecule has 13 nitrogen and oxygen atoms in total. The highest BCUT2D eigenvalue weighted by Gasteiger charge is 2.36. The number of aryl methyl sites for hydroxylation is 1. The van der Waals surface area contributed by atoms with Crippen LogP contribution in [0.2, 0.25) is 0 Å². The number of aromatic nitrogens is 6. The molecule has 3 aromatic heterocycles. The lowest BCUT2D eigenvalue weighted by atomic mass is 10.2.